The number of hydrogen-bond donors (Lipinski definition) is 2. The second kappa shape index (κ2) is 12.5. The maximum atomic E-state index is 11.6. The minimum absolute atomic E-state index is 0.0502. The minimum atomic E-state index is 0.0502. The van der Waals surface area contributed by atoms with Crippen LogP contribution in [0, 0.1) is 0 Å². The van der Waals surface area contributed by atoms with Gasteiger partial charge < -0.3 is 15.2 Å². The molecule has 0 bridgehead atoms. The van der Waals surface area contributed by atoms with Crippen molar-refractivity contribution in [3.8, 4) is 0 Å². The first-order valence-electron chi connectivity index (χ1n) is 9.25. The zero-order valence-electron chi connectivity index (χ0n) is 15.7. The van der Waals surface area contributed by atoms with Crippen LogP contribution in [0.2, 0.25) is 5.02 Å². The maximum absolute atomic E-state index is 11.6. The van der Waals surface area contributed by atoms with Crippen LogP contribution in [0.25, 0.3) is 0 Å². The first-order valence-corrected chi connectivity index (χ1v) is 10.6. The quantitative estimate of drug-likeness (QED) is 0.274. The zero-order valence-corrected chi connectivity index (χ0v) is 17.2. The van der Waals surface area contributed by atoms with Gasteiger partial charge >= 0.3 is 0 Å². The third kappa shape index (κ3) is 8.54. The van der Waals surface area contributed by atoms with E-state index in [1.807, 2.05) is 36.5 Å². The van der Waals surface area contributed by atoms with Gasteiger partial charge in [0.25, 0.3) is 0 Å². The van der Waals surface area contributed by atoms with E-state index >= 15 is 0 Å². The number of halogens is 1. The number of rotatable bonds is 10. The highest BCUT2D eigenvalue weighted by molar-refractivity contribution is 7.99. The van der Waals surface area contributed by atoms with Crippen molar-refractivity contribution in [3.63, 3.8) is 0 Å². The van der Waals surface area contributed by atoms with Crippen LogP contribution in [0.15, 0.2) is 63.3 Å². The van der Waals surface area contributed by atoms with E-state index in [2.05, 4.69) is 22.5 Å². The van der Waals surface area contributed by atoms with Crippen molar-refractivity contribution < 1.29 is 0 Å². The average Bonchev–Trinajstić information content (AvgIpc) is 2.67. The van der Waals surface area contributed by atoms with Crippen molar-refractivity contribution in [2.24, 2.45) is 4.99 Å². The number of aliphatic imine (C=N–C) groups is 1. The van der Waals surface area contributed by atoms with E-state index in [-0.39, 0.29) is 5.56 Å². The number of hydrogen-bond acceptors (Lipinski definition) is 3. The Morgan fingerprint density at radius 1 is 1.15 bits per heavy atom. The van der Waals surface area contributed by atoms with Gasteiger partial charge in [-0.3, -0.25) is 9.79 Å². The molecule has 1 aromatic heterocycles. The van der Waals surface area contributed by atoms with Crippen LogP contribution < -0.4 is 16.2 Å². The molecular formula is C20H27ClN4OS. The minimum Gasteiger partial charge on any atom is -0.357 e. The fourth-order valence-electron chi connectivity index (χ4n) is 2.44. The summed E-state index contributed by atoms with van der Waals surface area (Å²) in [6.07, 6.45) is 3.70. The van der Waals surface area contributed by atoms with E-state index in [0.717, 1.165) is 55.8 Å². The van der Waals surface area contributed by atoms with Crippen LogP contribution >= 0.6 is 23.4 Å². The summed E-state index contributed by atoms with van der Waals surface area (Å²) in [5.74, 6) is 1.79. The Bertz CT molecular complexity index is 761. The molecule has 7 heteroatoms. The molecule has 2 aromatic rings. The van der Waals surface area contributed by atoms with Crippen molar-refractivity contribution in [2.75, 3.05) is 25.4 Å². The molecule has 1 heterocycles. The number of nitrogens with one attached hydrogen (secondary N) is 2. The van der Waals surface area contributed by atoms with Crippen LogP contribution in [0.4, 0.5) is 0 Å². The second-order valence-electron chi connectivity index (χ2n) is 5.93. The van der Waals surface area contributed by atoms with Crippen molar-refractivity contribution in [1.82, 2.24) is 15.2 Å². The summed E-state index contributed by atoms with van der Waals surface area (Å²) in [4.78, 5) is 17.5. The van der Waals surface area contributed by atoms with E-state index in [0.29, 0.717) is 0 Å². The number of guanidine groups is 1. The Kier molecular flexibility index (Phi) is 9.87. The lowest BCUT2D eigenvalue weighted by atomic mass is 10.3. The number of nitrogens with zero attached hydrogens (tertiary/aromatic N) is 2. The number of unbranched alkanes of at least 4 members (excludes halogenated alkanes) is 1. The third-order valence-electron chi connectivity index (χ3n) is 3.80. The lowest BCUT2D eigenvalue weighted by Gasteiger charge is -2.11. The molecule has 0 unspecified atom stereocenters. The summed E-state index contributed by atoms with van der Waals surface area (Å²) in [6.45, 7) is 5.19. The molecule has 5 nitrogen and oxygen atoms in total. The highest BCUT2D eigenvalue weighted by Crippen LogP contribution is 2.19. The summed E-state index contributed by atoms with van der Waals surface area (Å²) in [6, 6.07) is 13.1. The highest BCUT2D eigenvalue weighted by Gasteiger charge is 1.99. The molecule has 2 rings (SSSR count). The Balaban J connectivity index is 1.66. The second-order valence-corrected chi connectivity index (χ2v) is 7.53. The molecule has 0 saturated heterocycles. The topological polar surface area (TPSA) is 58.4 Å². The first kappa shape index (κ1) is 21.4. The predicted molar refractivity (Wildman–Crippen MR) is 116 cm³/mol. The van der Waals surface area contributed by atoms with Crippen LogP contribution in [-0.4, -0.2) is 35.9 Å². The molecule has 0 aliphatic rings. The van der Waals surface area contributed by atoms with Crippen molar-refractivity contribution >= 4 is 29.3 Å². The van der Waals surface area contributed by atoms with Crippen LogP contribution in [0.5, 0.6) is 0 Å². The molecule has 0 radical (unpaired) electrons. The molecule has 0 atom stereocenters. The highest BCUT2D eigenvalue weighted by atomic mass is 35.5. The predicted octanol–water partition coefficient (Wildman–Crippen LogP) is 3.63. The van der Waals surface area contributed by atoms with Gasteiger partial charge in [-0.25, -0.2) is 0 Å². The Morgan fingerprint density at radius 2 is 1.96 bits per heavy atom. The van der Waals surface area contributed by atoms with Crippen LogP contribution in [0.1, 0.15) is 19.8 Å². The SMILES string of the molecule is CCNC(=NCCCCn1ccccc1=O)NCCSc1ccc(Cl)cc1. The van der Waals surface area contributed by atoms with Gasteiger partial charge in [0.15, 0.2) is 5.96 Å². The lowest BCUT2D eigenvalue weighted by molar-refractivity contribution is 0.598. The van der Waals surface area contributed by atoms with E-state index in [1.165, 1.54) is 4.90 Å². The van der Waals surface area contributed by atoms with E-state index in [4.69, 9.17) is 11.6 Å². The standard InChI is InChI=1S/C20H27ClN4OS/c1-2-22-20(24-13-16-27-18-10-8-17(21)9-11-18)23-12-4-6-15-25-14-5-3-7-19(25)26/h3,5,7-11,14H,2,4,6,12-13,15-16H2,1H3,(H2,22,23,24). The molecule has 0 fully saturated rings. The number of benzene rings is 1. The fraction of sp³-hybridized carbons (Fsp3) is 0.400. The number of pyridine rings is 1. The van der Waals surface area contributed by atoms with Gasteiger partial charge in [0.05, 0.1) is 0 Å². The van der Waals surface area contributed by atoms with Crippen LogP contribution in [-0.2, 0) is 6.54 Å². The average molecular weight is 407 g/mol. The van der Waals surface area contributed by atoms with Gasteiger partial charge in [-0.15, -0.1) is 11.8 Å². The summed E-state index contributed by atoms with van der Waals surface area (Å²) in [7, 11) is 0. The maximum Gasteiger partial charge on any atom is 0.250 e. The smallest absolute Gasteiger partial charge is 0.250 e. The molecule has 146 valence electrons. The lowest BCUT2D eigenvalue weighted by Crippen LogP contribution is -2.38. The molecule has 0 aliphatic heterocycles. The van der Waals surface area contributed by atoms with Gasteiger partial charge in [-0.1, -0.05) is 17.7 Å². The number of aryl methyl sites for hydroxylation is 1. The molecular weight excluding hydrogens is 380 g/mol. The Labute approximate surface area is 170 Å². The van der Waals surface area contributed by atoms with Crippen molar-refractivity contribution in [2.45, 2.75) is 31.2 Å². The molecule has 0 aliphatic carbocycles. The van der Waals surface area contributed by atoms with E-state index in [9.17, 15) is 4.79 Å². The molecule has 0 saturated carbocycles. The van der Waals surface area contributed by atoms with Gasteiger partial charge in [-0.2, -0.15) is 0 Å². The summed E-state index contributed by atoms with van der Waals surface area (Å²) in [5.41, 5.74) is 0.0502. The van der Waals surface area contributed by atoms with Crippen molar-refractivity contribution in [3.05, 3.63) is 64.0 Å². The zero-order chi connectivity index (χ0) is 19.3. The van der Waals surface area contributed by atoms with E-state index in [1.54, 1.807) is 28.5 Å². The number of thioether (sulfide) groups is 1. The van der Waals surface area contributed by atoms with Crippen molar-refractivity contribution in [1.29, 1.82) is 0 Å². The van der Waals surface area contributed by atoms with Gasteiger partial charge in [0.1, 0.15) is 0 Å². The normalized spacial score (nSPS) is 11.4. The molecule has 27 heavy (non-hydrogen) atoms. The Morgan fingerprint density at radius 3 is 2.70 bits per heavy atom. The van der Waals surface area contributed by atoms with Gasteiger partial charge in [-0.05, 0) is 50.1 Å². The van der Waals surface area contributed by atoms with Gasteiger partial charge in [0.2, 0.25) is 5.56 Å². The third-order valence-corrected chi connectivity index (χ3v) is 5.06. The monoisotopic (exact) mass is 406 g/mol. The largest absolute Gasteiger partial charge is 0.357 e. The first-order chi connectivity index (χ1) is 13.2. The molecule has 1 aromatic carbocycles. The van der Waals surface area contributed by atoms with Gasteiger partial charge in [0, 0.05) is 54.1 Å². The number of aromatic nitrogens is 1. The summed E-state index contributed by atoms with van der Waals surface area (Å²) in [5, 5.41) is 7.38. The Hall–Kier alpha value is -1.92. The fourth-order valence-corrected chi connectivity index (χ4v) is 3.34. The summed E-state index contributed by atoms with van der Waals surface area (Å²) >= 11 is 7.68. The van der Waals surface area contributed by atoms with E-state index < -0.39 is 0 Å². The molecule has 2 N–H and O–H groups in total. The molecule has 0 amide bonds. The van der Waals surface area contributed by atoms with Crippen LogP contribution in [0.3, 0.4) is 0 Å². The summed E-state index contributed by atoms with van der Waals surface area (Å²) < 4.78 is 1.74. The molecule has 0 spiro atoms.